The summed E-state index contributed by atoms with van der Waals surface area (Å²) in [6.07, 6.45) is 2.44. The average Bonchev–Trinajstić information content (AvgIpc) is 2.70. The standard InChI is InChI=1S/C19H30N8O/c1-7-15-17(27(20-5)12-13-28-9-3)18(25-19(23-15)26(6)8-2)24-16-10-11-21-14(4)22-16/h10-11H,5,7-9,12-13H2,1-4,6H3,(H,21,22,23,24,25). The van der Waals surface area contributed by atoms with Crippen LogP contribution in [0.4, 0.5) is 23.3 Å². The van der Waals surface area contributed by atoms with Crippen LogP contribution in [0, 0.1) is 6.92 Å². The van der Waals surface area contributed by atoms with Crippen molar-refractivity contribution in [2.24, 2.45) is 5.10 Å². The van der Waals surface area contributed by atoms with E-state index in [0.717, 1.165) is 24.3 Å². The molecule has 0 saturated heterocycles. The molecule has 1 N–H and O–H groups in total. The van der Waals surface area contributed by atoms with Crippen molar-refractivity contribution in [2.75, 3.05) is 48.6 Å². The highest BCUT2D eigenvalue weighted by molar-refractivity contribution is 5.74. The van der Waals surface area contributed by atoms with Crippen molar-refractivity contribution in [3.05, 3.63) is 23.8 Å². The van der Waals surface area contributed by atoms with Crippen LogP contribution in [0.2, 0.25) is 0 Å². The number of hydrogen-bond donors (Lipinski definition) is 1. The van der Waals surface area contributed by atoms with E-state index in [9.17, 15) is 0 Å². The summed E-state index contributed by atoms with van der Waals surface area (Å²) < 4.78 is 5.49. The maximum atomic E-state index is 5.49. The Morgan fingerprint density at radius 1 is 1.21 bits per heavy atom. The highest BCUT2D eigenvalue weighted by Gasteiger charge is 2.21. The Labute approximate surface area is 166 Å². The van der Waals surface area contributed by atoms with E-state index in [1.165, 1.54) is 0 Å². The summed E-state index contributed by atoms with van der Waals surface area (Å²) in [5, 5.41) is 9.28. The van der Waals surface area contributed by atoms with Gasteiger partial charge in [-0.15, -0.1) is 0 Å². The van der Waals surface area contributed by atoms with Crippen molar-refractivity contribution in [1.82, 2.24) is 19.9 Å². The Morgan fingerprint density at radius 2 is 2.00 bits per heavy atom. The summed E-state index contributed by atoms with van der Waals surface area (Å²) in [6, 6.07) is 1.81. The van der Waals surface area contributed by atoms with Gasteiger partial charge in [-0.1, -0.05) is 6.92 Å². The van der Waals surface area contributed by atoms with Crippen molar-refractivity contribution in [3.63, 3.8) is 0 Å². The molecule has 0 fully saturated rings. The van der Waals surface area contributed by atoms with Crippen molar-refractivity contribution in [1.29, 1.82) is 0 Å². The van der Waals surface area contributed by atoms with Gasteiger partial charge in [0.15, 0.2) is 5.82 Å². The quantitative estimate of drug-likeness (QED) is 0.358. The molecule has 0 unspecified atom stereocenters. The maximum Gasteiger partial charge on any atom is 0.227 e. The molecule has 2 aromatic heterocycles. The second-order valence-corrected chi connectivity index (χ2v) is 6.11. The van der Waals surface area contributed by atoms with E-state index in [-0.39, 0.29) is 0 Å². The van der Waals surface area contributed by atoms with Gasteiger partial charge in [0.05, 0.1) is 18.8 Å². The van der Waals surface area contributed by atoms with Gasteiger partial charge in [-0.3, -0.25) is 5.01 Å². The fraction of sp³-hybridized carbons (Fsp3) is 0.526. The summed E-state index contributed by atoms with van der Waals surface area (Å²) in [5.41, 5.74) is 1.66. The lowest BCUT2D eigenvalue weighted by molar-refractivity contribution is 0.154. The van der Waals surface area contributed by atoms with E-state index in [4.69, 9.17) is 14.7 Å². The summed E-state index contributed by atoms with van der Waals surface area (Å²) in [4.78, 5) is 20.1. The van der Waals surface area contributed by atoms with Crippen molar-refractivity contribution >= 4 is 30.0 Å². The molecular formula is C19H30N8O. The van der Waals surface area contributed by atoms with Crippen LogP contribution in [-0.2, 0) is 11.2 Å². The van der Waals surface area contributed by atoms with E-state index in [1.807, 2.05) is 25.8 Å². The van der Waals surface area contributed by atoms with E-state index in [2.05, 4.69) is 41.0 Å². The second kappa shape index (κ2) is 10.5. The average molecular weight is 387 g/mol. The lowest BCUT2D eigenvalue weighted by Gasteiger charge is -2.25. The number of ether oxygens (including phenoxy) is 1. The van der Waals surface area contributed by atoms with Gasteiger partial charge in [-0.05, 0) is 33.3 Å². The number of aromatic nitrogens is 4. The maximum absolute atomic E-state index is 5.49. The van der Waals surface area contributed by atoms with Gasteiger partial charge in [0, 0.05) is 33.1 Å². The van der Waals surface area contributed by atoms with Gasteiger partial charge in [0.1, 0.15) is 17.3 Å². The lowest BCUT2D eigenvalue weighted by Crippen LogP contribution is -2.26. The molecule has 0 amide bonds. The first-order valence-electron chi connectivity index (χ1n) is 9.54. The third kappa shape index (κ3) is 5.35. The Morgan fingerprint density at radius 3 is 2.61 bits per heavy atom. The van der Waals surface area contributed by atoms with E-state index in [1.54, 1.807) is 17.3 Å². The van der Waals surface area contributed by atoms with Crippen LogP contribution in [0.1, 0.15) is 32.3 Å². The summed E-state index contributed by atoms with van der Waals surface area (Å²) in [7, 11) is 1.96. The van der Waals surface area contributed by atoms with Crippen molar-refractivity contribution < 1.29 is 4.74 Å². The zero-order valence-electron chi connectivity index (χ0n) is 17.4. The Kier molecular flexibility index (Phi) is 8.06. The van der Waals surface area contributed by atoms with Gasteiger partial charge in [-0.25, -0.2) is 15.0 Å². The van der Waals surface area contributed by atoms with Crippen LogP contribution in [0.3, 0.4) is 0 Å². The molecule has 0 aliphatic rings. The Balaban J connectivity index is 2.53. The number of rotatable bonds is 11. The molecular weight excluding hydrogens is 356 g/mol. The monoisotopic (exact) mass is 386 g/mol. The Bertz CT molecular complexity index is 783. The van der Waals surface area contributed by atoms with Gasteiger partial charge < -0.3 is 15.0 Å². The zero-order chi connectivity index (χ0) is 20.5. The minimum Gasteiger partial charge on any atom is -0.380 e. The fourth-order valence-corrected chi connectivity index (χ4v) is 2.60. The molecule has 0 aliphatic heterocycles. The highest BCUT2D eigenvalue weighted by atomic mass is 16.5. The van der Waals surface area contributed by atoms with Gasteiger partial charge in [-0.2, -0.15) is 10.1 Å². The zero-order valence-corrected chi connectivity index (χ0v) is 17.4. The van der Waals surface area contributed by atoms with Crippen LogP contribution in [0.15, 0.2) is 17.4 Å². The SMILES string of the molecule is C=NN(CCOCC)c1c(CC)nc(N(C)CC)nc1Nc1ccnc(C)n1. The van der Waals surface area contributed by atoms with Gasteiger partial charge >= 0.3 is 0 Å². The molecule has 2 rings (SSSR count). The molecule has 9 nitrogen and oxygen atoms in total. The topological polar surface area (TPSA) is 91.7 Å². The fourth-order valence-electron chi connectivity index (χ4n) is 2.60. The number of nitrogens with zero attached hydrogens (tertiary/aromatic N) is 7. The van der Waals surface area contributed by atoms with Crippen LogP contribution < -0.4 is 15.2 Å². The van der Waals surface area contributed by atoms with Crippen LogP contribution in [0.5, 0.6) is 0 Å². The summed E-state index contributed by atoms with van der Waals surface area (Å²) in [5.74, 6) is 2.61. The van der Waals surface area contributed by atoms with Crippen LogP contribution in [0.25, 0.3) is 0 Å². The molecule has 0 radical (unpaired) electrons. The van der Waals surface area contributed by atoms with Crippen molar-refractivity contribution in [3.8, 4) is 0 Å². The molecule has 152 valence electrons. The smallest absolute Gasteiger partial charge is 0.227 e. The Hall–Kier alpha value is -2.81. The van der Waals surface area contributed by atoms with E-state index in [0.29, 0.717) is 43.2 Å². The third-order valence-corrected chi connectivity index (χ3v) is 4.20. The number of anilines is 4. The minimum absolute atomic E-state index is 0.529. The van der Waals surface area contributed by atoms with Crippen LogP contribution in [-0.4, -0.2) is 60.0 Å². The first-order chi connectivity index (χ1) is 13.5. The third-order valence-electron chi connectivity index (χ3n) is 4.20. The first-order valence-corrected chi connectivity index (χ1v) is 9.54. The minimum atomic E-state index is 0.529. The molecule has 0 aromatic carbocycles. The van der Waals surface area contributed by atoms with Crippen molar-refractivity contribution in [2.45, 2.75) is 34.1 Å². The molecule has 2 aromatic rings. The molecule has 0 bridgehead atoms. The predicted octanol–water partition coefficient (Wildman–Crippen LogP) is 2.80. The summed E-state index contributed by atoms with van der Waals surface area (Å²) in [6.45, 7) is 14.2. The molecule has 0 spiro atoms. The van der Waals surface area contributed by atoms with E-state index < -0.39 is 0 Å². The highest BCUT2D eigenvalue weighted by Crippen LogP contribution is 2.32. The normalized spacial score (nSPS) is 10.6. The predicted molar refractivity (Wildman–Crippen MR) is 114 cm³/mol. The van der Waals surface area contributed by atoms with Crippen LogP contribution >= 0.6 is 0 Å². The van der Waals surface area contributed by atoms with Gasteiger partial charge in [0.25, 0.3) is 0 Å². The number of hydrogen-bond acceptors (Lipinski definition) is 9. The molecule has 28 heavy (non-hydrogen) atoms. The summed E-state index contributed by atoms with van der Waals surface area (Å²) >= 11 is 0. The molecule has 0 aliphatic carbocycles. The molecule has 0 atom stereocenters. The molecule has 0 saturated carbocycles. The largest absolute Gasteiger partial charge is 0.380 e. The van der Waals surface area contributed by atoms with Gasteiger partial charge in [0.2, 0.25) is 5.95 Å². The second-order valence-electron chi connectivity index (χ2n) is 6.11. The molecule has 2 heterocycles. The number of nitrogens with one attached hydrogen (secondary N) is 1. The number of hydrazone groups is 1. The first kappa shape index (κ1) is 21.5. The molecule has 9 heteroatoms. The number of aryl methyl sites for hydroxylation is 2. The van der Waals surface area contributed by atoms with E-state index >= 15 is 0 Å². The lowest BCUT2D eigenvalue weighted by atomic mass is 10.2.